The van der Waals surface area contributed by atoms with E-state index < -0.39 is 53.7 Å². The first-order chi connectivity index (χ1) is 23.7. The van der Waals surface area contributed by atoms with Crippen molar-refractivity contribution < 1.29 is 57.4 Å². The van der Waals surface area contributed by atoms with Crippen LogP contribution in [0.5, 0.6) is 0 Å². The Hall–Kier alpha value is -4.67. The van der Waals surface area contributed by atoms with Gasteiger partial charge in [-0.2, -0.15) is 0 Å². The van der Waals surface area contributed by atoms with Crippen LogP contribution in [0.25, 0.3) is 0 Å². The van der Waals surface area contributed by atoms with E-state index in [0.29, 0.717) is 11.1 Å². The number of alkyl carbamates (subject to hydrolysis) is 2. The van der Waals surface area contributed by atoms with E-state index in [1.54, 1.807) is 72.8 Å². The molecule has 4 amide bonds. The number of nitrogens with one attached hydrogen (secondary N) is 4. The Morgan fingerprint density at radius 1 is 0.540 bits per heavy atom. The summed E-state index contributed by atoms with van der Waals surface area (Å²) in [4.78, 5) is 106. The van der Waals surface area contributed by atoms with Gasteiger partial charge >= 0.3 is 29.8 Å². The van der Waals surface area contributed by atoms with Crippen LogP contribution in [0.3, 0.4) is 0 Å². The van der Waals surface area contributed by atoms with Crippen molar-refractivity contribution in [3.8, 4) is 0 Å². The number of hydrogen-bond donors (Lipinski definition) is 10. The minimum atomic E-state index is -4.23. The van der Waals surface area contributed by atoms with Crippen molar-refractivity contribution in [2.75, 3.05) is 26.3 Å². The summed E-state index contributed by atoms with van der Waals surface area (Å²) < 4.78 is 10.6. The smallest absolute Gasteiger partial charge is 0.447 e. The number of amides is 4. The molecule has 0 aliphatic carbocycles. The van der Waals surface area contributed by atoms with E-state index in [1.807, 2.05) is 0 Å². The maximum Gasteiger partial charge on any atom is 0.492 e. The zero-order valence-corrected chi connectivity index (χ0v) is 29.0. The summed E-state index contributed by atoms with van der Waals surface area (Å²) in [5.41, 5.74) is 1.25. The molecule has 0 aromatic heterocycles. The zero-order chi connectivity index (χ0) is 36.6. The fourth-order valence-corrected chi connectivity index (χ4v) is 5.92. The molecular weight excluding hydrogens is 689 g/mol. The molecule has 0 fully saturated rings. The Balaban J connectivity index is 1.68. The zero-order valence-electron chi connectivity index (χ0n) is 27.0. The van der Waals surface area contributed by atoms with Crippen molar-refractivity contribution in [1.82, 2.24) is 21.3 Å². The van der Waals surface area contributed by atoms with Crippen LogP contribution in [0.1, 0.15) is 56.8 Å². The van der Waals surface area contributed by atoms with Crippen molar-refractivity contribution in [3.05, 3.63) is 107 Å². The molecule has 0 aliphatic heterocycles. The first-order valence-corrected chi connectivity index (χ1v) is 19.8. The van der Waals surface area contributed by atoms with E-state index in [9.17, 15) is 19.2 Å². The second-order valence-electron chi connectivity index (χ2n) is 11.2. The van der Waals surface area contributed by atoms with E-state index in [-0.39, 0.29) is 62.4 Å². The van der Waals surface area contributed by atoms with E-state index in [2.05, 4.69) is 21.3 Å². The van der Waals surface area contributed by atoms with Crippen molar-refractivity contribution in [2.45, 2.75) is 37.0 Å². The third-order valence-electron chi connectivity index (χ3n) is 7.11. The molecule has 3 aromatic rings. The lowest BCUT2D eigenvalue weighted by Gasteiger charge is -2.22. The van der Waals surface area contributed by atoms with Gasteiger partial charge in [0.15, 0.2) is 0 Å². The quantitative estimate of drug-likeness (QED) is 0.0641. The lowest BCUT2D eigenvalue weighted by Crippen LogP contribution is -2.38. The summed E-state index contributed by atoms with van der Waals surface area (Å²) in [6.07, 6.45) is -1.44. The predicted molar refractivity (Wildman–Crippen MR) is 182 cm³/mol. The molecule has 2 atom stereocenters. The van der Waals surface area contributed by atoms with E-state index in [4.69, 9.17) is 38.2 Å². The highest BCUT2D eigenvalue weighted by molar-refractivity contribution is 6.56. The van der Waals surface area contributed by atoms with Gasteiger partial charge in [-0.3, -0.25) is 9.59 Å². The minimum absolute atomic E-state index is 0.0154. The largest absolute Gasteiger partial charge is 0.492 e. The normalized spacial score (nSPS) is 12.6. The second kappa shape index (κ2) is 19.5. The fraction of sp³-hybridized carbons (Fsp3) is 0.312. The monoisotopic (exact) mass is 730 g/mol. The highest BCUT2D eigenvalue weighted by atomic mass is 28.4. The van der Waals surface area contributed by atoms with Crippen LogP contribution < -0.4 is 21.3 Å². The van der Waals surface area contributed by atoms with Crippen LogP contribution in [-0.2, 0) is 9.47 Å². The molecule has 3 aromatic carbocycles. The van der Waals surface area contributed by atoms with Crippen LogP contribution in [0.4, 0.5) is 9.59 Å². The maximum atomic E-state index is 13.6. The molecule has 18 heteroatoms. The molecule has 0 unspecified atom stereocenters. The number of carbonyl (C=O) groups excluding carboxylic acids is 4. The Morgan fingerprint density at radius 2 is 0.880 bits per heavy atom. The Morgan fingerprint density at radius 3 is 1.22 bits per heavy atom. The summed E-state index contributed by atoms with van der Waals surface area (Å²) in [5.74, 6) is -1.28. The van der Waals surface area contributed by atoms with Gasteiger partial charge in [0.05, 0.1) is 23.2 Å². The molecule has 10 N–H and O–H groups in total. The van der Waals surface area contributed by atoms with Crippen molar-refractivity contribution in [2.24, 2.45) is 0 Å². The minimum Gasteiger partial charge on any atom is -0.447 e. The number of rotatable bonds is 18. The number of benzene rings is 3. The molecule has 0 saturated carbocycles. The molecular formula is C32H42N4O12Si2. The Kier molecular flexibility index (Phi) is 15.5. The molecule has 0 radical (unpaired) electrons. The van der Waals surface area contributed by atoms with Crippen molar-refractivity contribution >= 4 is 41.6 Å². The summed E-state index contributed by atoms with van der Waals surface area (Å²) >= 11 is 0. The standard InChI is InChI=1S/C32H42N4O12Si2/c37-29(35-27(23-11-3-1-4-12-23)21-47-31(39)33-17-9-19-49(41,42)43)25-15-7-8-16-26(25)30(38)36-28(24-13-5-2-6-14-24)22-48-32(40)34-18-10-20-50(44,45)46/h1-8,11-16,27-28,41-46H,9-10,17-22H2,(H,33,39)(H,34,40)(H,35,37)(H,36,38)/t27-,28-/m0/s1. The average Bonchev–Trinajstić information content (AvgIpc) is 3.08. The second-order valence-corrected chi connectivity index (χ2v) is 15.3. The molecule has 0 saturated heterocycles. The Bertz CT molecular complexity index is 1420. The van der Waals surface area contributed by atoms with Gasteiger partial charge in [0, 0.05) is 25.2 Å². The Labute approximate surface area is 290 Å². The van der Waals surface area contributed by atoms with Crippen LogP contribution in [0.15, 0.2) is 84.9 Å². The highest BCUT2D eigenvalue weighted by Crippen LogP contribution is 2.19. The van der Waals surface area contributed by atoms with Crippen LogP contribution in [0.2, 0.25) is 12.1 Å². The van der Waals surface area contributed by atoms with Gasteiger partial charge < -0.3 is 59.5 Å². The van der Waals surface area contributed by atoms with Crippen LogP contribution in [0, 0.1) is 0 Å². The van der Waals surface area contributed by atoms with Gasteiger partial charge in [0.1, 0.15) is 13.2 Å². The van der Waals surface area contributed by atoms with E-state index in [0.717, 1.165) is 0 Å². The van der Waals surface area contributed by atoms with Crippen LogP contribution >= 0.6 is 0 Å². The maximum absolute atomic E-state index is 13.6. The molecule has 270 valence electrons. The summed E-state index contributed by atoms with van der Waals surface area (Å²) in [6.45, 7) is -0.539. The third kappa shape index (κ3) is 14.8. The number of hydrogen-bond acceptors (Lipinski definition) is 12. The molecule has 0 spiro atoms. The molecule has 0 aliphatic rings. The summed E-state index contributed by atoms with van der Waals surface area (Å²) in [5, 5.41) is 10.5. The van der Waals surface area contributed by atoms with Crippen molar-refractivity contribution in [1.29, 1.82) is 0 Å². The van der Waals surface area contributed by atoms with E-state index >= 15 is 0 Å². The molecule has 3 rings (SSSR count). The van der Waals surface area contributed by atoms with Gasteiger partial charge in [-0.1, -0.05) is 72.8 Å². The number of carbonyl (C=O) groups is 4. The van der Waals surface area contributed by atoms with Gasteiger partial charge in [-0.15, -0.1) is 0 Å². The lowest BCUT2D eigenvalue weighted by molar-refractivity contribution is 0.0862. The highest BCUT2D eigenvalue weighted by Gasteiger charge is 2.27. The fourth-order valence-electron chi connectivity index (χ4n) is 4.62. The first kappa shape index (κ1) is 39.8. The summed E-state index contributed by atoms with van der Waals surface area (Å²) in [6, 6.07) is 21.3. The molecule has 0 bridgehead atoms. The van der Waals surface area contributed by atoms with E-state index in [1.165, 1.54) is 12.1 Å². The van der Waals surface area contributed by atoms with Crippen molar-refractivity contribution in [3.63, 3.8) is 0 Å². The summed E-state index contributed by atoms with van der Waals surface area (Å²) in [7, 11) is -8.46. The van der Waals surface area contributed by atoms with Gasteiger partial charge in [0.25, 0.3) is 11.8 Å². The van der Waals surface area contributed by atoms with Gasteiger partial charge in [-0.05, 0) is 36.1 Å². The first-order valence-electron chi connectivity index (χ1n) is 15.7. The predicted octanol–water partition coefficient (Wildman–Crippen LogP) is 0.693. The van der Waals surface area contributed by atoms with Gasteiger partial charge in [-0.25, -0.2) is 9.59 Å². The molecule has 16 nitrogen and oxygen atoms in total. The van der Waals surface area contributed by atoms with Gasteiger partial charge in [0.2, 0.25) is 0 Å². The number of ether oxygens (including phenoxy) is 2. The molecule has 50 heavy (non-hydrogen) atoms. The SMILES string of the molecule is O=C(NCCC[Si](O)(O)O)OC[C@H](NC(=O)c1ccccc1C(=O)N[C@@H](COC(=O)NCCC[Si](O)(O)O)c1ccccc1)c1ccccc1. The lowest BCUT2D eigenvalue weighted by atomic mass is 10.0. The molecule has 0 heterocycles. The third-order valence-corrected chi connectivity index (χ3v) is 9.16. The average molecular weight is 731 g/mol. The van der Waals surface area contributed by atoms with Crippen LogP contribution in [-0.4, -0.2) is 96.7 Å². The topological polar surface area (TPSA) is 256 Å².